The van der Waals surface area contributed by atoms with Crippen molar-refractivity contribution in [1.82, 2.24) is 0 Å². The zero-order valence-corrected chi connectivity index (χ0v) is 11.6. The summed E-state index contributed by atoms with van der Waals surface area (Å²) in [7, 11) is 0. The first-order valence-electron chi connectivity index (χ1n) is 6.31. The predicted molar refractivity (Wildman–Crippen MR) is 70.4 cm³/mol. The average molecular weight is 289 g/mol. The SMILES string of the molecule is CC(C)[C@H](C)COC(=O)Nc1ccc(C(F)(F)F)cc1. The quantitative estimate of drug-likeness (QED) is 0.883. The lowest BCUT2D eigenvalue weighted by Crippen LogP contribution is -2.20. The molecule has 112 valence electrons. The molecule has 0 fully saturated rings. The van der Waals surface area contributed by atoms with Gasteiger partial charge in [0, 0.05) is 5.69 Å². The Morgan fingerprint density at radius 3 is 2.20 bits per heavy atom. The number of ether oxygens (including phenoxy) is 1. The highest BCUT2D eigenvalue weighted by molar-refractivity contribution is 5.84. The van der Waals surface area contributed by atoms with Crippen molar-refractivity contribution in [3.05, 3.63) is 29.8 Å². The molecule has 0 radical (unpaired) electrons. The molecule has 0 saturated heterocycles. The van der Waals surface area contributed by atoms with Gasteiger partial charge in [0.2, 0.25) is 0 Å². The summed E-state index contributed by atoms with van der Waals surface area (Å²) in [6.45, 7) is 6.25. The van der Waals surface area contributed by atoms with Crippen molar-refractivity contribution < 1.29 is 22.7 Å². The Morgan fingerprint density at radius 2 is 1.75 bits per heavy atom. The molecule has 1 atom stereocenters. The highest BCUT2D eigenvalue weighted by Gasteiger charge is 2.30. The summed E-state index contributed by atoms with van der Waals surface area (Å²) in [5, 5.41) is 2.39. The Labute approximate surface area is 116 Å². The molecule has 1 rings (SSSR count). The minimum Gasteiger partial charge on any atom is -0.449 e. The first-order valence-corrected chi connectivity index (χ1v) is 6.31. The predicted octanol–water partition coefficient (Wildman–Crippen LogP) is 4.55. The van der Waals surface area contributed by atoms with Crippen LogP contribution in [0.15, 0.2) is 24.3 Å². The Hall–Kier alpha value is -1.72. The number of nitrogens with one attached hydrogen (secondary N) is 1. The van der Waals surface area contributed by atoms with Gasteiger partial charge in [-0.1, -0.05) is 20.8 Å². The summed E-state index contributed by atoms with van der Waals surface area (Å²) in [4.78, 5) is 11.5. The van der Waals surface area contributed by atoms with Crippen LogP contribution in [0.5, 0.6) is 0 Å². The third kappa shape index (κ3) is 5.11. The number of benzene rings is 1. The molecule has 1 N–H and O–H groups in total. The normalized spacial score (nSPS) is 13.2. The number of hydrogen-bond donors (Lipinski definition) is 1. The van der Waals surface area contributed by atoms with Gasteiger partial charge in [-0.15, -0.1) is 0 Å². The maximum Gasteiger partial charge on any atom is 0.416 e. The highest BCUT2D eigenvalue weighted by atomic mass is 19.4. The Morgan fingerprint density at radius 1 is 1.20 bits per heavy atom. The number of amides is 1. The van der Waals surface area contributed by atoms with E-state index in [1.54, 1.807) is 0 Å². The number of carbonyl (C=O) groups is 1. The van der Waals surface area contributed by atoms with Crippen LogP contribution in [-0.4, -0.2) is 12.7 Å². The molecule has 0 saturated carbocycles. The van der Waals surface area contributed by atoms with Crippen LogP contribution in [0.1, 0.15) is 26.3 Å². The second kappa shape index (κ2) is 6.63. The van der Waals surface area contributed by atoms with Crippen LogP contribution in [0.2, 0.25) is 0 Å². The van der Waals surface area contributed by atoms with Gasteiger partial charge in [-0.3, -0.25) is 5.32 Å². The van der Waals surface area contributed by atoms with Gasteiger partial charge in [0.1, 0.15) is 0 Å². The van der Waals surface area contributed by atoms with Crippen molar-refractivity contribution in [3.8, 4) is 0 Å². The molecule has 6 heteroatoms. The maximum absolute atomic E-state index is 12.4. The lowest BCUT2D eigenvalue weighted by molar-refractivity contribution is -0.137. The van der Waals surface area contributed by atoms with Crippen molar-refractivity contribution >= 4 is 11.8 Å². The third-order valence-electron chi connectivity index (χ3n) is 3.07. The lowest BCUT2D eigenvalue weighted by Gasteiger charge is -2.15. The molecule has 0 bridgehead atoms. The van der Waals surface area contributed by atoms with E-state index in [4.69, 9.17) is 4.74 Å². The van der Waals surface area contributed by atoms with Crippen LogP contribution in [0, 0.1) is 11.8 Å². The number of hydrogen-bond acceptors (Lipinski definition) is 2. The fourth-order valence-corrected chi connectivity index (χ4v) is 1.30. The zero-order chi connectivity index (χ0) is 15.3. The standard InChI is InChI=1S/C14H18F3NO2/c1-9(2)10(3)8-20-13(19)18-12-6-4-11(5-7-12)14(15,16)17/h4-7,9-10H,8H2,1-3H3,(H,18,19)/t10-/m1/s1. The molecule has 20 heavy (non-hydrogen) atoms. The van der Waals surface area contributed by atoms with Crippen LogP contribution >= 0.6 is 0 Å². The minimum atomic E-state index is -4.38. The molecule has 0 aliphatic rings. The zero-order valence-electron chi connectivity index (χ0n) is 11.6. The Bertz CT molecular complexity index is 441. The summed E-state index contributed by atoms with van der Waals surface area (Å²) in [6, 6.07) is 4.20. The van der Waals surface area contributed by atoms with E-state index < -0.39 is 17.8 Å². The van der Waals surface area contributed by atoms with Gasteiger partial charge >= 0.3 is 12.3 Å². The second-order valence-corrected chi connectivity index (χ2v) is 5.02. The van der Waals surface area contributed by atoms with E-state index in [9.17, 15) is 18.0 Å². The molecule has 1 amide bonds. The van der Waals surface area contributed by atoms with E-state index in [0.717, 1.165) is 12.1 Å². The molecule has 0 unspecified atom stereocenters. The first kappa shape index (κ1) is 16.3. The van der Waals surface area contributed by atoms with Gasteiger partial charge in [-0.05, 0) is 36.1 Å². The molecule has 1 aromatic carbocycles. The Balaban J connectivity index is 2.51. The van der Waals surface area contributed by atoms with Crippen molar-refractivity contribution in [2.75, 3.05) is 11.9 Å². The molecule has 0 aliphatic heterocycles. The fraction of sp³-hybridized carbons (Fsp3) is 0.500. The van der Waals surface area contributed by atoms with Crippen molar-refractivity contribution in [1.29, 1.82) is 0 Å². The van der Waals surface area contributed by atoms with E-state index in [1.165, 1.54) is 12.1 Å². The van der Waals surface area contributed by atoms with E-state index in [-0.39, 0.29) is 18.2 Å². The van der Waals surface area contributed by atoms with Gasteiger partial charge in [0.15, 0.2) is 0 Å². The van der Waals surface area contributed by atoms with Crippen molar-refractivity contribution in [2.45, 2.75) is 26.9 Å². The first-order chi connectivity index (χ1) is 9.20. The van der Waals surface area contributed by atoms with E-state index in [2.05, 4.69) is 5.32 Å². The fourth-order valence-electron chi connectivity index (χ4n) is 1.30. The Kier molecular flexibility index (Phi) is 5.42. The molecule has 1 aromatic rings. The topological polar surface area (TPSA) is 38.3 Å². The van der Waals surface area contributed by atoms with Gasteiger partial charge in [0.05, 0.1) is 12.2 Å². The smallest absolute Gasteiger partial charge is 0.416 e. The van der Waals surface area contributed by atoms with Gasteiger partial charge in [-0.25, -0.2) is 4.79 Å². The number of alkyl halides is 3. The van der Waals surface area contributed by atoms with Crippen molar-refractivity contribution in [2.24, 2.45) is 11.8 Å². The average Bonchev–Trinajstić information content (AvgIpc) is 2.35. The summed E-state index contributed by atoms with van der Waals surface area (Å²) in [5.41, 5.74) is -0.495. The van der Waals surface area contributed by atoms with E-state index in [0.29, 0.717) is 5.92 Å². The minimum absolute atomic E-state index is 0.216. The van der Waals surface area contributed by atoms with Crippen molar-refractivity contribution in [3.63, 3.8) is 0 Å². The highest BCUT2D eigenvalue weighted by Crippen LogP contribution is 2.29. The molecule has 0 heterocycles. The summed E-state index contributed by atoms with van der Waals surface area (Å²) >= 11 is 0. The monoisotopic (exact) mass is 289 g/mol. The van der Waals surface area contributed by atoms with Gasteiger partial charge in [-0.2, -0.15) is 13.2 Å². The lowest BCUT2D eigenvalue weighted by atomic mass is 10.00. The third-order valence-corrected chi connectivity index (χ3v) is 3.07. The van der Waals surface area contributed by atoms with E-state index >= 15 is 0 Å². The molecule has 0 spiro atoms. The number of anilines is 1. The van der Waals surface area contributed by atoms with Crippen LogP contribution in [-0.2, 0) is 10.9 Å². The molecule has 0 aromatic heterocycles. The largest absolute Gasteiger partial charge is 0.449 e. The van der Waals surface area contributed by atoms with Gasteiger partial charge in [0.25, 0.3) is 0 Å². The van der Waals surface area contributed by atoms with Crippen LogP contribution in [0.4, 0.5) is 23.7 Å². The molecular weight excluding hydrogens is 271 g/mol. The number of halogens is 3. The van der Waals surface area contributed by atoms with E-state index in [1.807, 2.05) is 20.8 Å². The summed E-state index contributed by atoms with van der Waals surface area (Å²) in [6.07, 6.45) is -5.05. The second-order valence-electron chi connectivity index (χ2n) is 5.02. The molecule has 3 nitrogen and oxygen atoms in total. The maximum atomic E-state index is 12.4. The summed E-state index contributed by atoms with van der Waals surface area (Å²) < 4.78 is 42.1. The summed E-state index contributed by atoms with van der Waals surface area (Å²) in [5.74, 6) is 0.599. The van der Waals surface area contributed by atoms with Crippen LogP contribution in [0.25, 0.3) is 0 Å². The molecule has 0 aliphatic carbocycles. The van der Waals surface area contributed by atoms with Gasteiger partial charge < -0.3 is 4.74 Å². The van der Waals surface area contributed by atoms with Crippen LogP contribution in [0.3, 0.4) is 0 Å². The molecular formula is C14H18F3NO2. The number of rotatable bonds is 4. The van der Waals surface area contributed by atoms with Crippen LogP contribution < -0.4 is 5.32 Å². The number of carbonyl (C=O) groups excluding carboxylic acids is 1.